The van der Waals surface area contributed by atoms with Gasteiger partial charge in [0.1, 0.15) is 3.23 Å². The van der Waals surface area contributed by atoms with Crippen molar-refractivity contribution in [1.82, 2.24) is 0 Å². The number of Topliss-reactive ketones (excluding diaryl/α,β-unsaturated/α-hetero) is 1. The molecular formula is C13H16Br2O. The molecule has 0 aromatic heterocycles. The summed E-state index contributed by atoms with van der Waals surface area (Å²) in [6.07, 6.45) is 1.05. The third-order valence-electron chi connectivity index (χ3n) is 2.26. The summed E-state index contributed by atoms with van der Waals surface area (Å²) in [5.41, 5.74) is 2.00. The molecule has 0 aliphatic carbocycles. The molecule has 16 heavy (non-hydrogen) atoms. The highest BCUT2D eigenvalue weighted by atomic mass is 79.9. The number of ketones is 1. The van der Waals surface area contributed by atoms with Gasteiger partial charge in [0, 0.05) is 5.56 Å². The van der Waals surface area contributed by atoms with Gasteiger partial charge in [-0.15, -0.1) is 0 Å². The Hall–Kier alpha value is -0.150. The van der Waals surface area contributed by atoms with Crippen LogP contribution in [-0.4, -0.2) is 9.02 Å². The van der Waals surface area contributed by atoms with Gasteiger partial charge in [-0.1, -0.05) is 70.0 Å². The van der Waals surface area contributed by atoms with Crippen LogP contribution in [0.3, 0.4) is 0 Å². The maximum absolute atomic E-state index is 11.9. The number of rotatable bonds is 4. The molecule has 1 rings (SSSR count). The van der Waals surface area contributed by atoms with Crippen molar-refractivity contribution in [2.75, 3.05) is 0 Å². The fourth-order valence-electron chi connectivity index (χ4n) is 1.52. The number of carbonyl (C=O) groups is 1. The molecule has 0 amide bonds. The van der Waals surface area contributed by atoms with Crippen molar-refractivity contribution in [3.63, 3.8) is 0 Å². The zero-order chi connectivity index (χ0) is 12.3. The van der Waals surface area contributed by atoms with Crippen molar-refractivity contribution in [3.05, 3.63) is 35.4 Å². The zero-order valence-electron chi connectivity index (χ0n) is 9.76. The molecule has 0 radical (unpaired) electrons. The fraction of sp³-hybridized carbons (Fsp3) is 0.462. The molecule has 0 saturated heterocycles. The molecular weight excluding hydrogens is 332 g/mol. The van der Waals surface area contributed by atoms with Gasteiger partial charge in [0.2, 0.25) is 0 Å². The molecule has 3 heteroatoms. The highest BCUT2D eigenvalue weighted by Crippen LogP contribution is 2.29. The number of hydrogen-bond acceptors (Lipinski definition) is 1. The topological polar surface area (TPSA) is 17.1 Å². The molecule has 1 nitrogen and oxygen atoms in total. The standard InChI is InChI=1S/C13H16Br2O/c1-9(2)8-10-4-6-11(7-5-10)12(16)13(3,14)15/h4-7,9H,8H2,1-3H3. The third-order valence-corrected chi connectivity index (χ3v) is 2.98. The molecule has 88 valence electrons. The average molecular weight is 348 g/mol. The minimum atomic E-state index is -0.667. The summed E-state index contributed by atoms with van der Waals surface area (Å²) < 4.78 is -0.667. The van der Waals surface area contributed by atoms with Crippen LogP contribution in [0.2, 0.25) is 0 Å². The first-order valence-corrected chi connectivity index (χ1v) is 6.91. The number of benzene rings is 1. The lowest BCUT2D eigenvalue weighted by Crippen LogP contribution is -2.20. The lowest BCUT2D eigenvalue weighted by atomic mass is 10.0. The van der Waals surface area contributed by atoms with Crippen molar-refractivity contribution >= 4 is 37.6 Å². The van der Waals surface area contributed by atoms with Crippen molar-refractivity contribution in [3.8, 4) is 0 Å². The zero-order valence-corrected chi connectivity index (χ0v) is 12.9. The van der Waals surface area contributed by atoms with Crippen LogP contribution in [0.1, 0.15) is 36.7 Å². The Morgan fingerprint density at radius 3 is 2.12 bits per heavy atom. The molecule has 0 atom stereocenters. The van der Waals surface area contributed by atoms with E-state index in [0.717, 1.165) is 12.0 Å². The lowest BCUT2D eigenvalue weighted by Gasteiger charge is -2.13. The Bertz CT molecular complexity index is 361. The summed E-state index contributed by atoms with van der Waals surface area (Å²) >= 11 is 6.61. The average Bonchev–Trinajstić information content (AvgIpc) is 2.15. The molecule has 0 N–H and O–H groups in total. The maximum atomic E-state index is 11.9. The Morgan fingerprint density at radius 1 is 1.25 bits per heavy atom. The molecule has 0 fully saturated rings. The Labute approximate surface area is 114 Å². The van der Waals surface area contributed by atoms with Crippen molar-refractivity contribution in [2.45, 2.75) is 30.4 Å². The molecule has 0 heterocycles. The normalized spacial score (nSPS) is 11.9. The summed E-state index contributed by atoms with van der Waals surface area (Å²) in [7, 11) is 0. The van der Waals surface area contributed by atoms with Crippen molar-refractivity contribution in [2.24, 2.45) is 5.92 Å². The first kappa shape index (κ1) is 13.9. The van der Waals surface area contributed by atoms with E-state index in [1.807, 2.05) is 24.3 Å². The number of halogens is 2. The van der Waals surface area contributed by atoms with Crippen LogP contribution in [0, 0.1) is 5.92 Å². The minimum absolute atomic E-state index is 0.0450. The Kier molecular flexibility index (Phi) is 4.74. The van der Waals surface area contributed by atoms with E-state index in [9.17, 15) is 4.79 Å². The maximum Gasteiger partial charge on any atom is 0.189 e. The van der Waals surface area contributed by atoms with E-state index >= 15 is 0 Å². The number of carbonyl (C=O) groups excluding carboxylic acids is 1. The van der Waals surface area contributed by atoms with Gasteiger partial charge in [-0.05, 0) is 24.8 Å². The predicted molar refractivity (Wildman–Crippen MR) is 75.6 cm³/mol. The molecule has 1 aromatic rings. The number of hydrogen-bond donors (Lipinski definition) is 0. The second kappa shape index (κ2) is 5.46. The van der Waals surface area contributed by atoms with Crippen LogP contribution in [-0.2, 0) is 6.42 Å². The largest absolute Gasteiger partial charge is 0.292 e. The van der Waals surface area contributed by atoms with Crippen LogP contribution < -0.4 is 0 Å². The van der Waals surface area contributed by atoms with Gasteiger partial charge in [-0.2, -0.15) is 0 Å². The van der Waals surface area contributed by atoms with Gasteiger partial charge in [-0.25, -0.2) is 0 Å². The molecule has 0 spiro atoms. The van der Waals surface area contributed by atoms with Crippen LogP contribution >= 0.6 is 31.9 Å². The second-order valence-corrected chi connectivity index (χ2v) is 8.75. The van der Waals surface area contributed by atoms with E-state index in [2.05, 4.69) is 45.7 Å². The SMILES string of the molecule is CC(C)Cc1ccc(C(=O)C(C)(Br)Br)cc1. The van der Waals surface area contributed by atoms with E-state index in [1.54, 1.807) is 6.92 Å². The van der Waals surface area contributed by atoms with Crippen molar-refractivity contribution < 1.29 is 4.79 Å². The fourth-order valence-corrected chi connectivity index (χ4v) is 1.97. The summed E-state index contributed by atoms with van der Waals surface area (Å²) in [5, 5.41) is 0. The molecule has 0 aliphatic rings. The number of alkyl halides is 2. The van der Waals surface area contributed by atoms with Gasteiger partial charge in [0.25, 0.3) is 0 Å². The van der Waals surface area contributed by atoms with Gasteiger partial charge in [-0.3, -0.25) is 4.79 Å². The second-order valence-electron chi connectivity index (χ2n) is 4.51. The van der Waals surface area contributed by atoms with E-state index < -0.39 is 3.23 Å². The first-order valence-electron chi connectivity index (χ1n) is 5.32. The Balaban J connectivity index is 2.83. The minimum Gasteiger partial charge on any atom is -0.292 e. The highest BCUT2D eigenvalue weighted by Gasteiger charge is 2.26. The summed E-state index contributed by atoms with van der Waals surface area (Å²) in [5.74, 6) is 0.683. The summed E-state index contributed by atoms with van der Waals surface area (Å²) in [6, 6.07) is 7.83. The van der Waals surface area contributed by atoms with Gasteiger partial charge in [0.05, 0.1) is 0 Å². The summed E-state index contributed by atoms with van der Waals surface area (Å²) in [4.78, 5) is 11.9. The van der Waals surface area contributed by atoms with Crippen LogP contribution in [0.4, 0.5) is 0 Å². The molecule has 0 unspecified atom stereocenters. The van der Waals surface area contributed by atoms with Gasteiger partial charge >= 0.3 is 0 Å². The van der Waals surface area contributed by atoms with E-state index in [1.165, 1.54) is 5.56 Å². The van der Waals surface area contributed by atoms with E-state index in [4.69, 9.17) is 0 Å². The first-order chi connectivity index (χ1) is 7.30. The van der Waals surface area contributed by atoms with Crippen LogP contribution in [0.25, 0.3) is 0 Å². The van der Waals surface area contributed by atoms with Gasteiger partial charge < -0.3 is 0 Å². The molecule has 1 aromatic carbocycles. The highest BCUT2D eigenvalue weighted by molar-refractivity contribution is 9.25. The Morgan fingerprint density at radius 2 is 1.75 bits per heavy atom. The third kappa shape index (κ3) is 4.02. The molecule has 0 saturated carbocycles. The van der Waals surface area contributed by atoms with E-state index in [0.29, 0.717) is 5.92 Å². The summed E-state index contributed by atoms with van der Waals surface area (Å²) in [6.45, 7) is 6.16. The van der Waals surface area contributed by atoms with Crippen LogP contribution in [0.5, 0.6) is 0 Å². The lowest BCUT2D eigenvalue weighted by molar-refractivity contribution is 0.0988. The molecule has 0 aliphatic heterocycles. The van der Waals surface area contributed by atoms with Crippen LogP contribution in [0.15, 0.2) is 24.3 Å². The quantitative estimate of drug-likeness (QED) is 0.575. The van der Waals surface area contributed by atoms with E-state index in [-0.39, 0.29) is 5.78 Å². The van der Waals surface area contributed by atoms with Gasteiger partial charge in [0.15, 0.2) is 5.78 Å². The van der Waals surface area contributed by atoms with Crippen molar-refractivity contribution in [1.29, 1.82) is 0 Å². The molecule has 0 bridgehead atoms. The predicted octanol–water partition coefficient (Wildman–Crippen LogP) is 4.57. The smallest absolute Gasteiger partial charge is 0.189 e. The monoisotopic (exact) mass is 346 g/mol.